The van der Waals surface area contributed by atoms with Gasteiger partial charge in [-0.25, -0.2) is 0 Å². The molecule has 3 aromatic rings. The lowest BCUT2D eigenvalue weighted by atomic mass is 10.1. The topological polar surface area (TPSA) is 66.5 Å². The van der Waals surface area contributed by atoms with Crippen molar-refractivity contribution in [2.75, 3.05) is 5.32 Å². The second-order valence-electron chi connectivity index (χ2n) is 4.23. The van der Waals surface area contributed by atoms with Gasteiger partial charge in [0.05, 0.1) is 0 Å². The van der Waals surface area contributed by atoms with Crippen LogP contribution in [0, 0.1) is 0 Å². The summed E-state index contributed by atoms with van der Waals surface area (Å²) in [5, 5.41) is 18.2. The first kappa shape index (κ1) is 12.6. The van der Waals surface area contributed by atoms with Crippen LogP contribution in [0.5, 0.6) is 0 Å². The van der Waals surface area contributed by atoms with Crippen LogP contribution in [0.2, 0.25) is 5.02 Å². The lowest BCUT2D eigenvalue weighted by Gasteiger charge is -2.18. The number of nitrogens with one attached hydrogen (secondary N) is 2. The van der Waals surface area contributed by atoms with Gasteiger partial charge in [0.15, 0.2) is 0 Å². The Bertz CT molecular complexity index is 669. The van der Waals surface area contributed by atoms with Gasteiger partial charge in [0, 0.05) is 16.3 Å². The summed E-state index contributed by atoms with van der Waals surface area (Å²) >= 11 is 6.28. The molecule has 0 saturated carbocycles. The van der Waals surface area contributed by atoms with Crippen LogP contribution in [0.4, 0.5) is 5.69 Å². The Balaban J connectivity index is 1.99. The van der Waals surface area contributed by atoms with Gasteiger partial charge in [-0.2, -0.15) is 5.21 Å². The van der Waals surface area contributed by atoms with Crippen LogP contribution in [0.1, 0.15) is 17.4 Å². The van der Waals surface area contributed by atoms with Crippen molar-refractivity contribution in [2.24, 2.45) is 0 Å². The molecule has 0 aliphatic heterocycles. The highest BCUT2D eigenvalue weighted by atomic mass is 35.5. The number of anilines is 1. The number of aromatic amines is 1. The molecular formula is C14H12ClN5. The van der Waals surface area contributed by atoms with E-state index in [0.717, 1.165) is 11.3 Å². The van der Waals surface area contributed by atoms with Crippen molar-refractivity contribution < 1.29 is 0 Å². The van der Waals surface area contributed by atoms with E-state index in [-0.39, 0.29) is 6.04 Å². The van der Waals surface area contributed by atoms with Crippen molar-refractivity contribution >= 4 is 17.3 Å². The second-order valence-corrected chi connectivity index (χ2v) is 4.64. The Morgan fingerprint density at radius 2 is 1.75 bits per heavy atom. The molecule has 20 heavy (non-hydrogen) atoms. The molecule has 6 heteroatoms. The van der Waals surface area contributed by atoms with Gasteiger partial charge in [-0.15, -0.1) is 10.2 Å². The molecule has 0 amide bonds. The lowest BCUT2D eigenvalue weighted by molar-refractivity contribution is 0.835. The van der Waals surface area contributed by atoms with E-state index in [1.807, 2.05) is 54.6 Å². The zero-order valence-electron chi connectivity index (χ0n) is 10.5. The molecule has 0 bridgehead atoms. The van der Waals surface area contributed by atoms with Gasteiger partial charge in [0.25, 0.3) is 0 Å². The van der Waals surface area contributed by atoms with Crippen LogP contribution in [0.15, 0.2) is 54.6 Å². The standard InChI is InChI=1S/C14H12ClN5/c15-12-9-5-4-8-11(12)13(14-17-19-20-18-14)16-10-6-2-1-3-7-10/h1-9,13,16H,(H,17,18,19,20). The molecule has 1 atom stereocenters. The summed E-state index contributed by atoms with van der Waals surface area (Å²) < 4.78 is 0. The molecule has 3 rings (SSSR count). The van der Waals surface area contributed by atoms with E-state index < -0.39 is 0 Å². The van der Waals surface area contributed by atoms with Crippen molar-refractivity contribution in [2.45, 2.75) is 6.04 Å². The van der Waals surface area contributed by atoms with Crippen LogP contribution in [0.3, 0.4) is 0 Å². The molecule has 100 valence electrons. The van der Waals surface area contributed by atoms with Gasteiger partial charge in [0.1, 0.15) is 6.04 Å². The van der Waals surface area contributed by atoms with E-state index in [4.69, 9.17) is 11.6 Å². The molecule has 2 aromatic carbocycles. The molecule has 1 aromatic heterocycles. The van der Waals surface area contributed by atoms with Crippen molar-refractivity contribution in [1.29, 1.82) is 0 Å². The third-order valence-electron chi connectivity index (χ3n) is 2.92. The van der Waals surface area contributed by atoms with Crippen LogP contribution in [0.25, 0.3) is 0 Å². The minimum absolute atomic E-state index is 0.259. The number of H-pyrrole nitrogens is 1. The van der Waals surface area contributed by atoms with Crippen LogP contribution in [-0.4, -0.2) is 20.6 Å². The molecule has 2 N–H and O–H groups in total. The molecular weight excluding hydrogens is 274 g/mol. The summed E-state index contributed by atoms with van der Waals surface area (Å²) in [6.45, 7) is 0. The highest BCUT2D eigenvalue weighted by Crippen LogP contribution is 2.29. The Morgan fingerprint density at radius 3 is 2.45 bits per heavy atom. The third-order valence-corrected chi connectivity index (χ3v) is 3.27. The molecule has 0 spiro atoms. The molecule has 0 fully saturated rings. The van der Waals surface area contributed by atoms with Gasteiger partial charge in [-0.3, -0.25) is 0 Å². The summed E-state index contributed by atoms with van der Waals surface area (Å²) in [6.07, 6.45) is 0. The van der Waals surface area contributed by atoms with Crippen molar-refractivity contribution in [3.63, 3.8) is 0 Å². The molecule has 0 aliphatic carbocycles. The predicted octanol–water partition coefficient (Wildman–Crippen LogP) is 3.05. The van der Waals surface area contributed by atoms with Crippen molar-refractivity contribution in [1.82, 2.24) is 20.6 Å². The number of tetrazole rings is 1. The van der Waals surface area contributed by atoms with E-state index in [2.05, 4.69) is 25.9 Å². The van der Waals surface area contributed by atoms with Gasteiger partial charge >= 0.3 is 0 Å². The van der Waals surface area contributed by atoms with Crippen molar-refractivity contribution in [3.8, 4) is 0 Å². The third kappa shape index (κ3) is 2.62. The minimum Gasteiger partial charge on any atom is -0.371 e. The van der Waals surface area contributed by atoms with Crippen molar-refractivity contribution in [3.05, 3.63) is 71.0 Å². The summed E-state index contributed by atoms with van der Waals surface area (Å²) in [5.74, 6) is 0.543. The first-order valence-corrected chi connectivity index (χ1v) is 6.52. The first-order chi connectivity index (χ1) is 9.84. The Hall–Kier alpha value is -2.40. The second kappa shape index (κ2) is 5.71. The fourth-order valence-electron chi connectivity index (χ4n) is 1.98. The summed E-state index contributed by atoms with van der Waals surface area (Å²) in [4.78, 5) is 0. The smallest absolute Gasteiger partial charge is 0.201 e. The Kier molecular flexibility index (Phi) is 3.60. The number of aromatic nitrogens is 4. The predicted molar refractivity (Wildman–Crippen MR) is 77.5 cm³/mol. The molecule has 0 radical (unpaired) electrons. The number of hydrogen-bond acceptors (Lipinski definition) is 4. The zero-order chi connectivity index (χ0) is 13.8. The van der Waals surface area contributed by atoms with Gasteiger partial charge in [-0.1, -0.05) is 53.2 Å². The van der Waals surface area contributed by atoms with Gasteiger partial charge in [-0.05, 0) is 18.2 Å². The van der Waals surface area contributed by atoms with E-state index in [1.54, 1.807) is 0 Å². The maximum atomic E-state index is 6.28. The molecule has 0 aliphatic rings. The molecule has 5 nitrogen and oxygen atoms in total. The van der Waals surface area contributed by atoms with Crippen LogP contribution in [-0.2, 0) is 0 Å². The highest BCUT2D eigenvalue weighted by molar-refractivity contribution is 6.31. The first-order valence-electron chi connectivity index (χ1n) is 6.14. The monoisotopic (exact) mass is 285 g/mol. The number of rotatable bonds is 4. The number of para-hydroxylation sites is 1. The summed E-state index contributed by atoms with van der Waals surface area (Å²) in [5.41, 5.74) is 1.86. The van der Waals surface area contributed by atoms with E-state index >= 15 is 0 Å². The maximum Gasteiger partial charge on any atom is 0.201 e. The van der Waals surface area contributed by atoms with Crippen LogP contribution >= 0.6 is 11.6 Å². The number of nitrogens with zero attached hydrogens (tertiary/aromatic N) is 3. The summed E-state index contributed by atoms with van der Waals surface area (Å²) in [7, 11) is 0. The average Bonchev–Trinajstić information content (AvgIpc) is 3.01. The average molecular weight is 286 g/mol. The molecule has 1 heterocycles. The fraction of sp³-hybridized carbons (Fsp3) is 0.0714. The van der Waals surface area contributed by atoms with Gasteiger partial charge < -0.3 is 5.32 Å². The quantitative estimate of drug-likeness (QED) is 0.773. The zero-order valence-corrected chi connectivity index (χ0v) is 11.2. The largest absolute Gasteiger partial charge is 0.371 e. The van der Waals surface area contributed by atoms with E-state index in [0.29, 0.717) is 10.8 Å². The number of halogens is 1. The number of benzene rings is 2. The van der Waals surface area contributed by atoms with E-state index in [1.165, 1.54) is 0 Å². The Labute approximate surface area is 121 Å². The van der Waals surface area contributed by atoms with Crippen LogP contribution < -0.4 is 5.32 Å². The fourth-order valence-corrected chi connectivity index (χ4v) is 2.23. The summed E-state index contributed by atoms with van der Waals surface area (Å²) in [6, 6.07) is 17.2. The minimum atomic E-state index is -0.259. The molecule has 1 unspecified atom stereocenters. The normalized spacial score (nSPS) is 12.1. The van der Waals surface area contributed by atoms with E-state index in [9.17, 15) is 0 Å². The molecule has 0 saturated heterocycles. The number of hydrogen-bond donors (Lipinski definition) is 2. The highest BCUT2D eigenvalue weighted by Gasteiger charge is 2.20. The van der Waals surface area contributed by atoms with Gasteiger partial charge in [0.2, 0.25) is 5.82 Å². The SMILES string of the molecule is Clc1ccccc1C(Nc1ccccc1)c1nn[nH]n1. The maximum absolute atomic E-state index is 6.28. The lowest BCUT2D eigenvalue weighted by Crippen LogP contribution is -2.14. The Morgan fingerprint density at radius 1 is 1.00 bits per heavy atom.